The van der Waals surface area contributed by atoms with Crippen LogP contribution in [0, 0.1) is 0 Å². The van der Waals surface area contributed by atoms with Crippen LogP contribution < -0.4 is 0 Å². The summed E-state index contributed by atoms with van der Waals surface area (Å²) >= 11 is 0. The topological polar surface area (TPSA) is 46.3 Å². The molecule has 0 saturated carbocycles. The van der Waals surface area contributed by atoms with Crippen molar-refractivity contribution in [1.82, 2.24) is 19.8 Å². The predicted octanol–water partition coefficient (Wildman–Crippen LogP) is 3.05. The second kappa shape index (κ2) is 5.93. The Morgan fingerprint density at radius 2 is 1.82 bits per heavy atom. The molecule has 1 aromatic rings. The standard InChI is InChI=1S/C15H25F2N5/c1-6-10-21(7-2)12-9-8-11-18-19-13(22(11)20-12)15(5,17)14(3,4)16/h6-10H2,1-5H3. The SMILES string of the molecule is CCCN(CC)C1=Nn2c(nnc2C(C)(F)C(C)(C)F)CC1. The molecule has 0 aromatic carbocycles. The number of alkyl halides is 2. The maximum atomic E-state index is 14.9. The van der Waals surface area contributed by atoms with Crippen molar-refractivity contribution in [3.05, 3.63) is 11.6 Å². The fourth-order valence-corrected chi connectivity index (χ4v) is 2.48. The van der Waals surface area contributed by atoms with Gasteiger partial charge in [0, 0.05) is 25.9 Å². The Morgan fingerprint density at radius 1 is 1.14 bits per heavy atom. The Kier molecular flexibility index (Phi) is 4.54. The molecular weight excluding hydrogens is 288 g/mol. The van der Waals surface area contributed by atoms with Crippen LogP contribution in [0.1, 0.15) is 59.1 Å². The molecule has 1 unspecified atom stereocenters. The summed E-state index contributed by atoms with van der Waals surface area (Å²) in [5.41, 5.74) is -4.33. The number of hydrogen-bond donors (Lipinski definition) is 0. The molecule has 124 valence electrons. The second-order valence-electron chi connectivity index (χ2n) is 6.32. The van der Waals surface area contributed by atoms with Gasteiger partial charge in [0.05, 0.1) is 0 Å². The lowest BCUT2D eigenvalue weighted by atomic mass is 9.90. The van der Waals surface area contributed by atoms with E-state index in [0.717, 1.165) is 31.8 Å². The molecular formula is C15H25F2N5. The Hall–Kier alpha value is -1.53. The molecule has 1 aliphatic heterocycles. The first-order valence-electron chi connectivity index (χ1n) is 7.87. The summed E-state index contributed by atoms with van der Waals surface area (Å²) < 4.78 is 30.5. The number of hydrogen-bond acceptors (Lipinski definition) is 4. The zero-order chi connectivity index (χ0) is 16.5. The highest BCUT2D eigenvalue weighted by atomic mass is 19.2. The molecule has 7 heteroatoms. The summed E-state index contributed by atoms with van der Waals surface area (Å²) in [5, 5.41) is 12.4. The van der Waals surface area contributed by atoms with Crippen molar-refractivity contribution in [3.63, 3.8) is 0 Å². The van der Waals surface area contributed by atoms with Crippen LogP contribution in [0.15, 0.2) is 5.10 Å². The van der Waals surface area contributed by atoms with Crippen LogP contribution in [-0.2, 0) is 12.1 Å². The number of fused-ring (bicyclic) bond motifs is 1. The van der Waals surface area contributed by atoms with Crippen molar-refractivity contribution >= 4 is 5.84 Å². The van der Waals surface area contributed by atoms with Crippen LogP contribution in [0.4, 0.5) is 8.78 Å². The molecule has 1 aromatic heterocycles. The maximum Gasteiger partial charge on any atom is 0.202 e. The minimum absolute atomic E-state index is 0.0697. The van der Waals surface area contributed by atoms with E-state index in [9.17, 15) is 8.78 Å². The highest BCUT2D eigenvalue weighted by Crippen LogP contribution is 2.39. The zero-order valence-electron chi connectivity index (χ0n) is 14.0. The molecule has 2 heterocycles. The highest BCUT2D eigenvalue weighted by Gasteiger charge is 2.48. The van der Waals surface area contributed by atoms with Crippen molar-refractivity contribution in [2.75, 3.05) is 13.1 Å². The van der Waals surface area contributed by atoms with Gasteiger partial charge in [-0.2, -0.15) is 9.78 Å². The fourth-order valence-electron chi connectivity index (χ4n) is 2.48. The van der Waals surface area contributed by atoms with Crippen LogP contribution in [0.25, 0.3) is 0 Å². The number of aromatic nitrogens is 3. The van der Waals surface area contributed by atoms with Gasteiger partial charge in [-0.3, -0.25) is 0 Å². The summed E-state index contributed by atoms with van der Waals surface area (Å²) in [7, 11) is 0. The van der Waals surface area contributed by atoms with Gasteiger partial charge in [-0.15, -0.1) is 10.2 Å². The maximum absolute atomic E-state index is 14.9. The molecule has 0 spiro atoms. The first-order chi connectivity index (χ1) is 10.2. The molecule has 5 nitrogen and oxygen atoms in total. The van der Waals surface area contributed by atoms with Crippen LogP contribution in [0.5, 0.6) is 0 Å². The number of amidine groups is 1. The Balaban J connectivity index is 2.43. The number of halogens is 2. The van der Waals surface area contributed by atoms with E-state index in [1.807, 2.05) is 0 Å². The monoisotopic (exact) mass is 313 g/mol. The van der Waals surface area contributed by atoms with Crippen LogP contribution in [-0.4, -0.2) is 44.4 Å². The Labute approximate surface area is 130 Å². The van der Waals surface area contributed by atoms with Gasteiger partial charge in [-0.05, 0) is 34.1 Å². The molecule has 0 amide bonds. The van der Waals surface area contributed by atoms with Gasteiger partial charge in [-0.1, -0.05) is 6.92 Å². The molecule has 2 rings (SSSR count). The van der Waals surface area contributed by atoms with Gasteiger partial charge in [-0.25, -0.2) is 8.78 Å². The molecule has 0 saturated heterocycles. The average Bonchev–Trinajstić information content (AvgIpc) is 2.86. The lowest BCUT2D eigenvalue weighted by Crippen LogP contribution is -2.41. The smallest absolute Gasteiger partial charge is 0.202 e. The first-order valence-corrected chi connectivity index (χ1v) is 7.87. The summed E-state index contributed by atoms with van der Waals surface area (Å²) in [6.45, 7) is 9.49. The minimum Gasteiger partial charge on any atom is -0.359 e. The van der Waals surface area contributed by atoms with Crippen LogP contribution in [0.2, 0.25) is 0 Å². The lowest BCUT2D eigenvalue weighted by molar-refractivity contribution is -0.0137. The van der Waals surface area contributed by atoms with Crippen molar-refractivity contribution < 1.29 is 8.78 Å². The minimum atomic E-state index is -2.26. The van der Waals surface area contributed by atoms with Crippen molar-refractivity contribution in [2.24, 2.45) is 5.10 Å². The normalized spacial score (nSPS) is 17.7. The molecule has 1 atom stereocenters. The third-order valence-corrected chi connectivity index (χ3v) is 4.27. The third kappa shape index (κ3) is 2.85. The van der Waals surface area contributed by atoms with Gasteiger partial charge >= 0.3 is 0 Å². The number of rotatable bonds is 5. The van der Waals surface area contributed by atoms with E-state index < -0.39 is 11.3 Å². The lowest BCUT2D eigenvalue weighted by Gasteiger charge is -2.31. The van der Waals surface area contributed by atoms with Crippen molar-refractivity contribution in [1.29, 1.82) is 0 Å². The highest BCUT2D eigenvalue weighted by molar-refractivity contribution is 5.83. The van der Waals surface area contributed by atoms with Crippen molar-refractivity contribution in [3.8, 4) is 0 Å². The van der Waals surface area contributed by atoms with Gasteiger partial charge in [0.25, 0.3) is 0 Å². The fraction of sp³-hybridized carbons (Fsp3) is 0.800. The predicted molar refractivity (Wildman–Crippen MR) is 82.4 cm³/mol. The van der Waals surface area contributed by atoms with E-state index in [0.29, 0.717) is 12.2 Å². The third-order valence-electron chi connectivity index (χ3n) is 4.27. The van der Waals surface area contributed by atoms with Gasteiger partial charge in [0.1, 0.15) is 11.5 Å². The van der Waals surface area contributed by atoms with Gasteiger partial charge < -0.3 is 4.90 Å². The molecule has 1 aliphatic rings. The van der Waals surface area contributed by atoms with E-state index in [1.165, 1.54) is 25.4 Å². The number of nitrogens with zero attached hydrogens (tertiary/aromatic N) is 5. The van der Waals surface area contributed by atoms with Gasteiger partial charge in [0.2, 0.25) is 5.67 Å². The summed E-state index contributed by atoms with van der Waals surface area (Å²) in [6, 6.07) is 0. The molecule has 0 aliphatic carbocycles. The van der Waals surface area contributed by atoms with Crippen molar-refractivity contribution in [2.45, 2.75) is 65.2 Å². The zero-order valence-corrected chi connectivity index (χ0v) is 14.0. The second-order valence-corrected chi connectivity index (χ2v) is 6.32. The largest absolute Gasteiger partial charge is 0.359 e. The van der Waals surface area contributed by atoms with E-state index in [4.69, 9.17) is 0 Å². The summed E-state index contributed by atoms with van der Waals surface area (Å²) in [5.74, 6) is 1.39. The molecule has 0 radical (unpaired) electrons. The Morgan fingerprint density at radius 3 is 2.36 bits per heavy atom. The molecule has 0 fully saturated rings. The van der Waals surface area contributed by atoms with E-state index in [1.54, 1.807) is 0 Å². The molecule has 0 bridgehead atoms. The molecule has 22 heavy (non-hydrogen) atoms. The van der Waals surface area contributed by atoms with Crippen LogP contribution >= 0.6 is 0 Å². The number of aryl methyl sites for hydroxylation is 1. The summed E-state index contributed by atoms with van der Waals surface area (Å²) in [6.07, 6.45) is 2.38. The van der Waals surface area contributed by atoms with Crippen LogP contribution in [0.3, 0.4) is 0 Å². The summed E-state index contributed by atoms with van der Waals surface area (Å²) in [4.78, 5) is 2.16. The first kappa shape index (κ1) is 16.8. The molecule has 0 N–H and O–H groups in total. The quantitative estimate of drug-likeness (QED) is 0.839. The van der Waals surface area contributed by atoms with E-state index in [-0.39, 0.29) is 5.82 Å². The van der Waals surface area contributed by atoms with E-state index >= 15 is 0 Å². The Bertz CT molecular complexity index is 557. The van der Waals surface area contributed by atoms with Gasteiger partial charge in [0.15, 0.2) is 11.6 Å². The average molecular weight is 313 g/mol. The van der Waals surface area contributed by atoms with E-state index in [2.05, 4.69) is 34.0 Å².